The van der Waals surface area contributed by atoms with Crippen molar-refractivity contribution in [2.75, 3.05) is 0 Å². The van der Waals surface area contributed by atoms with Crippen LogP contribution in [0.15, 0.2) is 11.6 Å². The van der Waals surface area contributed by atoms with E-state index in [1.54, 1.807) is 0 Å². The summed E-state index contributed by atoms with van der Waals surface area (Å²) >= 11 is 4.18. The Morgan fingerprint density at radius 3 is 1.80 bits per heavy atom. The molecule has 33 valence electrons. The van der Waals surface area contributed by atoms with E-state index in [4.69, 9.17) is 0 Å². The van der Waals surface area contributed by atoms with Crippen LogP contribution in [0.25, 0.3) is 0 Å². The summed E-state index contributed by atoms with van der Waals surface area (Å²) in [4.78, 5) is 0. The molecular formula is C2H3NiTe2. The third-order valence-corrected chi connectivity index (χ3v) is 2.92. The summed E-state index contributed by atoms with van der Waals surface area (Å²) in [6.07, 6.45) is 0. The second-order valence-electron chi connectivity index (χ2n) is 0.331. The second-order valence-corrected chi connectivity index (χ2v) is 14.4. The average molecular weight is 341 g/mol. The molecule has 0 aliphatic rings. The van der Waals surface area contributed by atoms with Crippen LogP contribution in [0.3, 0.4) is 0 Å². The molecule has 0 saturated carbocycles. The normalized spacial score (nSPS) is 10.0. The van der Waals surface area contributed by atoms with Gasteiger partial charge in [-0.1, -0.05) is 0 Å². The Hall–Kier alpha value is 1.81. The molecule has 0 radical (unpaired) electrons. The summed E-state index contributed by atoms with van der Waals surface area (Å²) in [5.41, 5.74) is 0. The number of rotatable bonds is 1. The predicted molar refractivity (Wildman–Crippen MR) is 21.7 cm³/mol. The Labute approximate surface area is 56.1 Å². The van der Waals surface area contributed by atoms with Gasteiger partial charge >= 0.3 is 56.9 Å². The summed E-state index contributed by atoms with van der Waals surface area (Å²) in [6, 6.07) is 0.358. The Balaban J connectivity index is 3.69. The van der Waals surface area contributed by atoms with Crippen molar-refractivity contribution in [1.82, 2.24) is 0 Å². The van der Waals surface area contributed by atoms with E-state index in [0.29, 0.717) is 6.05 Å². The minimum atomic E-state index is 0.358. The molecule has 0 aliphatic heterocycles. The zero-order valence-electron chi connectivity index (χ0n) is 2.42. The Morgan fingerprint density at radius 1 is 1.60 bits per heavy atom. The van der Waals surface area contributed by atoms with Crippen LogP contribution in [-0.2, 0) is 6.05 Å². The summed E-state index contributed by atoms with van der Waals surface area (Å²) in [5.74, 6) is 0. The van der Waals surface area contributed by atoms with Crippen molar-refractivity contribution in [1.29, 1.82) is 0 Å². The first-order valence-corrected chi connectivity index (χ1v) is 8.30. The summed E-state index contributed by atoms with van der Waals surface area (Å²) in [5, 5.41) is 1.97. The van der Waals surface area contributed by atoms with Crippen LogP contribution < -0.4 is 0 Å². The average Bonchev–Trinajstić information content (AvgIpc) is 1.38. The third kappa shape index (κ3) is 5.81. The van der Waals surface area contributed by atoms with E-state index in [9.17, 15) is 0 Å². The zero-order valence-corrected chi connectivity index (χ0v) is 8.07. The fourth-order valence-corrected chi connectivity index (χ4v) is 0. The van der Waals surface area contributed by atoms with E-state index in [-0.39, 0.29) is 0 Å². The first-order chi connectivity index (χ1) is 2.27. The quantitative estimate of drug-likeness (QED) is 0.586. The van der Waals surface area contributed by atoms with Crippen LogP contribution >= 0.6 is 0 Å². The van der Waals surface area contributed by atoms with Gasteiger partial charge in [-0.05, 0) is 0 Å². The van der Waals surface area contributed by atoms with E-state index >= 15 is 0 Å². The molecule has 0 N–H and O–H groups in total. The van der Waals surface area contributed by atoms with E-state index in [1.807, 2.05) is 5.05 Å². The molecule has 0 saturated heterocycles. The summed E-state index contributed by atoms with van der Waals surface area (Å²) < 4.78 is 0. The van der Waals surface area contributed by atoms with Gasteiger partial charge in [0, 0.05) is 0 Å². The topological polar surface area (TPSA) is 0 Å². The van der Waals surface area contributed by atoms with Crippen molar-refractivity contribution in [3.8, 4) is 0 Å². The molecule has 0 fully saturated rings. The van der Waals surface area contributed by atoms with E-state index in [2.05, 4.69) is 45.8 Å². The van der Waals surface area contributed by atoms with Crippen molar-refractivity contribution in [2.45, 2.75) is 0 Å². The van der Waals surface area contributed by atoms with E-state index in [1.165, 1.54) is 0 Å². The first-order valence-electron chi connectivity index (χ1n) is 0.849. The molecular weight excluding hydrogens is 338 g/mol. The molecule has 5 heavy (non-hydrogen) atoms. The molecule has 0 atom stereocenters. The van der Waals surface area contributed by atoms with Crippen LogP contribution in [0, 0.1) is 0 Å². The van der Waals surface area contributed by atoms with Gasteiger partial charge < -0.3 is 0 Å². The third-order valence-electron chi connectivity index (χ3n) is 0.105. The molecule has 0 aromatic heterocycles. The molecule has 0 nitrogen and oxygen atoms in total. The van der Waals surface area contributed by atoms with Gasteiger partial charge in [0.05, 0.1) is 0 Å². The molecule has 0 bridgehead atoms. The monoisotopic (exact) mass is 345 g/mol. The van der Waals surface area contributed by atoms with E-state index < -0.39 is 0 Å². The van der Waals surface area contributed by atoms with Crippen LogP contribution in [0.1, 0.15) is 0 Å². The number of hydrogen-bond acceptors (Lipinski definition) is 0. The minimum absolute atomic E-state index is 0.358. The zero-order chi connectivity index (χ0) is 4.28. The second kappa shape index (κ2) is 3.98. The molecule has 0 aliphatic carbocycles. The van der Waals surface area contributed by atoms with Gasteiger partial charge in [0.1, 0.15) is 0 Å². The van der Waals surface area contributed by atoms with Crippen LogP contribution in [0.2, 0.25) is 0 Å². The molecule has 0 rings (SSSR count). The van der Waals surface area contributed by atoms with Crippen molar-refractivity contribution < 1.29 is 6.05 Å². The predicted octanol–water partition coefficient (Wildman–Crippen LogP) is -0.0849. The Morgan fingerprint density at radius 2 is 1.80 bits per heavy atom. The van der Waals surface area contributed by atoms with Gasteiger partial charge in [-0.2, -0.15) is 0 Å². The summed E-state index contributed by atoms with van der Waals surface area (Å²) in [7, 11) is 0. The van der Waals surface area contributed by atoms with Gasteiger partial charge in [-0.3, -0.25) is 0 Å². The Bertz CT molecular complexity index is 83.8. The Kier molecular flexibility index (Phi) is 5.43. The van der Waals surface area contributed by atoms with Gasteiger partial charge in [0.15, 0.2) is 0 Å². The standard InChI is InChI=1S/C2H3.Ni.2Te/c1-2;;;/h1H,2H2;;;. The van der Waals surface area contributed by atoms with Crippen molar-refractivity contribution in [2.24, 2.45) is 0 Å². The van der Waals surface area contributed by atoms with Gasteiger partial charge in [-0.25, -0.2) is 0 Å². The van der Waals surface area contributed by atoms with Crippen molar-refractivity contribution in [3.05, 3.63) is 11.6 Å². The maximum atomic E-state index is 3.58. The van der Waals surface area contributed by atoms with Gasteiger partial charge in [-0.15, -0.1) is 0 Å². The molecule has 0 heterocycles. The van der Waals surface area contributed by atoms with Crippen LogP contribution in [0.4, 0.5) is 0 Å². The fraction of sp³-hybridized carbons (Fsp3) is 0. The molecule has 0 unspecified atom stereocenters. The van der Waals surface area contributed by atoms with E-state index in [0.717, 1.165) is 0 Å². The SMILES string of the molecule is C=[CH][Ni](=[Te])=[Te]. The first kappa shape index (κ1) is 6.81. The van der Waals surface area contributed by atoms with Gasteiger partial charge in [0.25, 0.3) is 0 Å². The number of hydrogen-bond donors (Lipinski definition) is 0. The molecule has 0 aromatic carbocycles. The molecule has 0 amide bonds. The van der Waals surface area contributed by atoms with Crippen LogP contribution in [-0.4, -0.2) is 39.2 Å². The maximum absolute atomic E-state index is 3.58. The van der Waals surface area contributed by atoms with Gasteiger partial charge in [0.2, 0.25) is 0 Å². The van der Waals surface area contributed by atoms with Crippen LogP contribution in [0.5, 0.6) is 0 Å². The fourth-order valence-electron chi connectivity index (χ4n) is 0. The van der Waals surface area contributed by atoms with Crippen molar-refractivity contribution >= 4 is 39.2 Å². The summed E-state index contributed by atoms with van der Waals surface area (Å²) in [6.45, 7) is 3.58. The van der Waals surface area contributed by atoms with Crippen molar-refractivity contribution in [3.63, 3.8) is 0 Å². The molecule has 3 heteroatoms. The molecule has 0 spiro atoms. The molecule has 0 aromatic rings.